The summed E-state index contributed by atoms with van der Waals surface area (Å²) in [4.78, 5) is 11.2. The molecule has 1 N–H and O–H groups in total. The molecule has 1 aliphatic rings. The Balaban J connectivity index is 2.34. The highest BCUT2D eigenvalue weighted by Crippen LogP contribution is 2.41. The van der Waals surface area contributed by atoms with E-state index in [0.29, 0.717) is 12.3 Å². The molecule has 2 nitrogen and oxygen atoms in total. The number of allylic oxidation sites excluding steroid dienone is 2. The number of benzene rings is 1. The Morgan fingerprint density at radius 3 is 2.56 bits per heavy atom. The Morgan fingerprint density at radius 1 is 1.33 bits per heavy atom. The summed E-state index contributed by atoms with van der Waals surface area (Å²) < 4.78 is 0. The molecule has 2 heteroatoms. The average Bonchev–Trinajstić information content (AvgIpc) is 2.39. The van der Waals surface area contributed by atoms with Crippen molar-refractivity contribution >= 4 is 11.5 Å². The first kappa shape index (κ1) is 12.9. The predicted octanol–water partition coefficient (Wildman–Crippen LogP) is 3.84. The van der Waals surface area contributed by atoms with E-state index in [4.69, 9.17) is 0 Å². The number of carboxylic acids is 1. The lowest BCUT2D eigenvalue weighted by molar-refractivity contribution is -0.144. The van der Waals surface area contributed by atoms with Crippen LogP contribution >= 0.6 is 0 Å². The minimum absolute atomic E-state index is 0.202. The smallest absolute Gasteiger partial charge is 0.307 e. The van der Waals surface area contributed by atoms with Crippen molar-refractivity contribution in [1.82, 2.24) is 0 Å². The number of carbonyl (C=O) groups is 1. The molecular formula is C16H20O2. The van der Waals surface area contributed by atoms with Crippen LogP contribution in [0.4, 0.5) is 0 Å². The largest absolute Gasteiger partial charge is 0.481 e. The highest BCUT2D eigenvalue weighted by atomic mass is 16.4. The zero-order valence-corrected chi connectivity index (χ0v) is 11.0. The van der Waals surface area contributed by atoms with Crippen LogP contribution < -0.4 is 0 Å². The predicted molar refractivity (Wildman–Crippen MR) is 73.1 cm³/mol. The molecule has 3 atom stereocenters. The van der Waals surface area contributed by atoms with Crippen LogP contribution in [0.15, 0.2) is 36.4 Å². The van der Waals surface area contributed by atoms with E-state index in [1.807, 2.05) is 18.2 Å². The summed E-state index contributed by atoms with van der Waals surface area (Å²) in [5, 5.41) is 9.25. The zero-order chi connectivity index (χ0) is 13.1. The lowest BCUT2D eigenvalue weighted by atomic mass is 9.70. The second-order valence-electron chi connectivity index (χ2n) is 5.08. The van der Waals surface area contributed by atoms with Gasteiger partial charge >= 0.3 is 5.97 Å². The number of hydrogen-bond donors (Lipinski definition) is 1. The third-order valence-corrected chi connectivity index (χ3v) is 4.12. The SMILES string of the molecule is CCC1C(c2ccccc2)=CCC(C(=O)O)C1C. The lowest BCUT2D eigenvalue weighted by Crippen LogP contribution is -2.30. The van der Waals surface area contributed by atoms with E-state index in [0.717, 1.165) is 6.42 Å². The summed E-state index contributed by atoms with van der Waals surface area (Å²) in [6.45, 7) is 4.21. The van der Waals surface area contributed by atoms with Crippen LogP contribution in [0.1, 0.15) is 32.3 Å². The van der Waals surface area contributed by atoms with Crippen molar-refractivity contribution in [1.29, 1.82) is 0 Å². The Kier molecular flexibility index (Phi) is 3.85. The standard InChI is InChI=1S/C16H20O2/c1-3-13-11(2)14(16(17)18)9-10-15(13)12-7-5-4-6-8-12/h4-8,10-11,13-14H,3,9H2,1-2H3,(H,17,18). The molecule has 0 spiro atoms. The summed E-state index contributed by atoms with van der Waals surface area (Å²) >= 11 is 0. The molecular weight excluding hydrogens is 224 g/mol. The van der Waals surface area contributed by atoms with Gasteiger partial charge in [-0.1, -0.05) is 50.3 Å². The molecule has 0 saturated carbocycles. The lowest BCUT2D eigenvalue weighted by Gasteiger charge is -2.34. The fourth-order valence-corrected chi connectivity index (χ4v) is 3.06. The van der Waals surface area contributed by atoms with Gasteiger partial charge in [0, 0.05) is 0 Å². The highest BCUT2D eigenvalue weighted by Gasteiger charge is 2.34. The third-order valence-electron chi connectivity index (χ3n) is 4.12. The Morgan fingerprint density at radius 2 is 2.00 bits per heavy atom. The molecule has 18 heavy (non-hydrogen) atoms. The molecule has 96 valence electrons. The van der Waals surface area contributed by atoms with Gasteiger partial charge in [-0.25, -0.2) is 0 Å². The number of rotatable bonds is 3. The van der Waals surface area contributed by atoms with Gasteiger partial charge in [0.1, 0.15) is 0 Å². The number of hydrogen-bond acceptors (Lipinski definition) is 1. The second kappa shape index (κ2) is 5.38. The third kappa shape index (κ3) is 2.33. The van der Waals surface area contributed by atoms with Crippen LogP contribution in [0.25, 0.3) is 5.57 Å². The molecule has 0 bridgehead atoms. The van der Waals surface area contributed by atoms with Crippen molar-refractivity contribution in [2.24, 2.45) is 17.8 Å². The normalized spacial score (nSPS) is 27.7. The van der Waals surface area contributed by atoms with Gasteiger partial charge in [0.25, 0.3) is 0 Å². The molecule has 0 aliphatic heterocycles. The Hall–Kier alpha value is -1.57. The van der Waals surface area contributed by atoms with Gasteiger partial charge in [0.05, 0.1) is 5.92 Å². The summed E-state index contributed by atoms with van der Waals surface area (Å²) in [6.07, 6.45) is 3.77. The fourth-order valence-electron chi connectivity index (χ4n) is 3.06. The maximum atomic E-state index is 11.2. The van der Waals surface area contributed by atoms with Crippen molar-refractivity contribution in [3.63, 3.8) is 0 Å². The van der Waals surface area contributed by atoms with Gasteiger partial charge in [-0.15, -0.1) is 0 Å². The van der Waals surface area contributed by atoms with Gasteiger partial charge in [-0.05, 0) is 35.8 Å². The van der Waals surface area contributed by atoms with Crippen LogP contribution in [0, 0.1) is 17.8 Å². The van der Waals surface area contributed by atoms with Crippen LogP contribution in [0.5, 0.6) is 0 Å². The van der Waals surface area contributed by atoms with E-state index >= 15 is 0 Å². The average molecular weight is 244 g/mol. The molecule has 1 aliphatic carbocycles. The van der Waals surface area contributed by atoms with Crippen molar-refractivity contribution in [3.05, 3.63) is 42.0 Å². The number of aliphatic carboxylic acids is 1. The summed E-state index contributed by atoms with van der Waals surface area (Å²) in [5.74, 6) is -0.346. The second-order valence-corrected chi connectivity index (χ2v) is 5.08. The van der Waals surface area contributed by atoms with Gasteiger partial charge in [-0.3, -0.25) is 4.79 Å². The van der Waals surface area contributed by atoms with Gasteiger partial charge in [-0.2, -0.15) is 0 Å². The van der Waals surface area contributed by atoms with Crippen molar-refractivity contribution < 1.29 is 9.90 Å². The molecule has 1 aromatic rings. The summed E-state index contributed by atoms with van der Waals surface area (Å²) in [6, 6.07) is 10.3. The molecule has 0 radical (unpaired) electrons. The van der Waals surface area contributed by atoms with Gasteiger partial charge in [0.15, 0.2) is 0 Å². The summed E-state index contributed by atoms with van der Waals surface area (Å²) in [5.41, 5.74) is 2.56. The first-order valence-corrected chi connectivity index (χ1v) is 6.63. The van der Waals surface area contributed by atoms with Crippen molar-refractivity contribution in [2.45, 2.75) is 26.7 Å². The molecule has 3 unspecified atom stereocenters. The monoisotopic (exact) mass is 244 g/mol. The molecule has 1 aromatic carbocycles. The van der Waals surface area contributed by atoms with Crippen LogP contribution in [-0.4, -0.2) is 11.1 Å². The molecule has 0 saturated heterocycles. The van der Waals surface area contributed by atoms with Crippen LogP contribution in [0.2, 0.25) is 0 Å². The zero-order valence-electron chi connectivity index (χ0n) is 11.0. The minimum atomic E-state index is -0.663. The summed E-state index contributed by atoms with van der Waals surface area (Å²) in [7, 11) is 0. The molecule has 2 rings (SSSR count). The van der Waals surface area contributed by atoms with E-state index in [2.05, 4.69) is 32.1 Å². The Labute approximate surface area is 108 Å². The van der Waals surface area contributed by atoms with E-state index in [9.17, 15) is 9.90 Å². The molecule has 0 amide bonds. The first-order valence-electron chi connectivity index (χ1n) is 6.63. The minimum Gasteiger partial charge on any atom is -0.481 e. The maximum Gasteiger partial charge on any atom is 0.307 e. The fraction of sp³-hybridized carbons (Fsp3) is 0.438. The maximum absolute atomic E-state index is 11.2. The van der Waals surface area contributed by atoms with Crippen LogP contribution in [-0.2, 0) is 4.79 Å². The van der Waals surface area contributed by atoms with E-state index in [1.165, 1.54) is 11.1 Å². The van der Waals surface area contributed by atoms with Gasteiger partial charge < -0.3 is 5.11 Å². The highest BCUT2D eigenvalue weighted by molar-refractivity contribution is 5.75. The molecule has 0 heterocycles. The van der Waals surface area contributed by atoms with E-state index < -0.39 is 5.97 Å². The Bertz CT molecular complexity index is 447. The molecule has 0 fully saturated rings. The van der Waals surface area contributed by atoms with Gasteiger partial charge in [0.2, 0.25) is 0 Å². The topological polar surface area (TPSA) is 37.3 Å². The number of carboxylic acid groups (broad SMARTS) is 1. The van der Waals surface area contributed by atoms with Crippen LogP contribution in [0.3, 0.4) is 0 Å². The quantitative estimate of drug-likeness (QED) is 0.877. The van der Waals surface area contributed by atoms with Crippen molar-refractivity contribution in [3.8, 4) is 0 Å². The first-order chi connectivity index (χ1) is 8.65. The van der Waals surface area contributed by atoms with Crippen molar-refractivity contribution in [2.75, 3.05) is 0 Å². The van der Waals surface area contributed by atoms with E-state index in [1.54, 1.807) is 0 Å². The molecule has 0 aromatic heterocycles. The van der Waals surface area contributed by atoms with E-state index in [-0.39, 0.29) is 11.8 Å².